The van der Waals surface area contributed by atoms with Crippen LogP contribution in [0.15, 0.2) is 86.4 Å². The Morgan fingerprint density at radius 1 is 0.956 bits per heavy atom. The third-order valence-corrected chi connectivity index (χ3v) is 12.7. The normalized spacial score (nSPS) is 12.0. The Hall–Kier alpha value is -6.87. The number of carbonyl (C=O) groups excluding carboxylic acids is 2. The lowest BCUT2D eigenvalue weighted by molar-refractivity contribution is -0.139. The Balaban J connectivity index is 0.000000197. The number of nitrogens with zero attached hydrogens (tertiary/aromatic N) is 7. The lowest BCUT2D eigenvalue weighted by Crippen LogP contribution is -2.35. The summed E-state index contributed by atoms with van der Waals surface area (Å²) >= 11 is 14.2. The lowest BCUT2D eigenvalue weighted by Gasteiger charge is -2.15. The standard InChI is InChI=1S/C15H15ClFN3O3S2.C14H16N6O6S.C11H8ClNO3/c1-23-13(21)8-24-12-7-11(10(17)6-9(12)16)18-14-19-4-2-3-5-20(19)15(22)25-14;1-3-26-14-18-11(15-2)16-12(19-14)17-13(23)20-27(24,25)9-7-5-4-6-8(9)10(21)22;12-8-3-4-9(16-6-10(14)15)11-7(8)2-1-5-13-11/h6-7H,2-5,8H2,1H3;4-7H,3H2,1-2H3,(H,21,22)(H3,15,16,17,18,19,20,23);1-5H,6H2,(H,14,15)/b18-14-;;. The van der Waals surface area contributed by atoms with Crippen molar-refractivity contribution in [3.63, 3.8) is 0 Å². The number of urea groups is 1. The van der Waals surface area contributed by atoms with E-state index in [0.717, 1.165) is 59.5 Å². The van der Waals surface area contributed by atoms with E-state index in [1.54, 1.807) is 51.5 Å². The van der Waals surface area contributed by atoms with Gasteiger partial charge in [0.2, 0.25) is 16.7 Å². The number of benzene rings is 3. The third kappa shape index (κ3) is 14.1. The summed E-state index contributed by atoms with van der Waals surface area (Å²) in [7, 11) is -1.63. The van der Waals surface area contributed by atoms with Crippen LogP contribution in [0.4, 0.5) is 26.8 Å². The number of hydrogen-bond acceptors (Lipinski definition) is 18. The van der Waals surface area contributed by atoms with E-state index in [4.69, 9.17) is 42.9 Å². The molecule has 2 amide bonds. The highest BCUT2D eigenvalue weighted by Gasteiger charge is 2.25. The van der Waals surface area contributed by atoms with Gasteiger partial charge in [0.05, 0.1) is 35.1 Å². The number of aromatic nitrogens is 6. The van der Waals surface area contributed by atoms with Gasteiger partial charge in [0.1, 0.15) is 27.7 Å². The number of nitrogens with one attached hydrogen (secondary N) is 3. The highest BCUT2D eigenvalue weighted by Crippen LogP contribution is 2.33. The molecule has 68 heavy (non-hydrogen) atoms. The predicted molar refractivity (Wildman–Crippen MR) is 248 cm³/mol. The zero-order valence-electron chi connectivity index (χ0n) is 35.8. The molecular formula is C40H39Cl2FN10O12S3. The number of sulfonamides is 1. The van der Waals surface area contributed by atoms with E-state index in [9.17, 15) is 36.8 Å². The molecule has 3 aromatic carbocycles. The van der Waals surface area contributed by atoms with E-state index in [2.05, 4.69) is 40.3 Å². The van der Waals surface area contributed by atoms with Gasteiger partial charge in [-0.25, -0.2) is 41.6 Å². The van der Waals surface area contributed by atoms with Crippen LogP contribution in [0.2, 0.25) is 10.0 Å². The number of thioether (sulfide) groups is 1. The summed E-state index contributed by atoms with van der Waals surface area (Å²) in [4.78, 5) is 77.2. The van der Waals surface area contributed by atoms with Crippen molar-refractivity contribution in [3.8, 4) is 11.8 Å². The van der Waals surface area contributed by atoms with E-state index >= 15 is 0 Å². The fourth-order valence-electron chi connectivity index (χ4n) is 5.70. The number of esters is 1. The first kappa shape index (κ1) is 52.1. The highest BCUT2D eigenvalue weighted by atomic mass is 35.5. The second kappa shape index (κ2) is 24.2. The van der Waals surface area contributed by atoms with Crippen LogP contribution in [-0.4, -0.2) is 105 Å². The van der Waals surface area contributed by atoms with Crippen molar-refractivity contribution in [2.75, 3.05) is 43.8 Å². The number of halogens is 3. The number of aliphatic carboxylic acids is 1. The predicted octanol–water partition coefficient (Wildman–Crippen LogP) is 5.67. The Bertz CT molecular complexity index is 3080. The minimum Gasteiger partial charge on any atom is -0.480 e. The highest BCUT2D eigenvalue weighted by molar-refractivity contribution is 8.00. The van der Waals surface area contributed by atoms with E-state index in [0.29, 0.717) is 39.1 Å². The van der Waals surface area contributed by atoms with E-state index in [1.807, 2.05) is 0 Å². The molecule has 0 unspecified atom stereocenters. The van der Waals surface area contributed by atoms with Crippen molar-refractivity contribution in [3.05, 3.63) is 103 Å². The lowest BCUT2D eigenvalue weighted by atomic mass is 10.2. The number of pyridine rings is 1. The fourth-order valence-corrected chi connectivity index (χ4v) is 9.01. The van der Waals surface area contributed by atoms with Gasteiger partial charge in [-0.2, -0.15) is 15.0 Å². The van der Waals surface area contributed by atoms with Gasteiger partial charge in [-0.15, -0.1) is 11.8 Å². The number of amides is 2. The van der Waals surface area contributed by atoms with Crippen LogP contribution in [0.5, 0.6) is 11.8 Å². The molecule has 0 saturated carbocycles. The van der Waals surface area contributed by atoms with Gasteiger partial charge >= 0.3 is 34.8 Å². The molecule has 0 spiro atoms. The first-order valence-electron chi connectivity index (χ1n) is 19.6. The molecule has 7 rings (SSSR count). The maximum Gasteiger partial charge on any atom is 0.341 e. The number of anilines is 2. The first-order valence-corrected chi connectivity index (χ1v) is 23.6. The number of ether oxygens (including phenoxy) is 3. The van der Waals surface area contributed by atoms with Crippen LogP contribution in [0.25, 0.3) is 10.9 Å². The number of aromatic carboxylic acids is 1. The molecule has 0 aliphatic carbocycles. The van der Waals surface area contributed by atoms with Gasteiger partial charge in [-0.1, -0.05) is 35.3 Å². The fraction of sp³-hybridized carbons (Fsp3) is 0.250. The van der Waals surface area contributed by atoms with Crippen molar-refractivity contribution in [1.29, 1.82) is 0 Å². The molecule has 4 heterocycles. The molecule has 0 saturated heterocycles. The van der Waals surface area contributed by atoms with Crippen molar-refractivity contribution < 1.29 is 56.4 Å². The molecule has 6 aromatic rings. The Kier molecular flexibility index (Phi) is 18.6. The molecule has 0 atom stereocenters. The largest absolute Gasteiger partial charge is 0.480 e. The SMILES string of the molecule is CCOc1nc(NC)nc(NC(=O)NS(=O)(=O)c2ccccc2C(=O)O)n1.COC(=O)CSc1cc(/N=c2\sc(=O)n3n2CCCC3)c(F)cc1Cl.O=C(O)COc1ccc(Cl)c2cccnc12. The minimum absolute atomic E-state index is 0.0605. The topological polar surface area (TPSA) is 298 Å². The van der Waals surface area contributed by atoms with E-state index < -0.39 is 56.8 Å². The van der Waals surface area contributed by atoms with Gasteiger partial charge in [0.15, 0.2) is 6.61 Å². The quantitative estimate of drug-likeness (QED) is 0.0649. The monoisotopic (exact) mass is 1040 g/mol. The number of carbonyl (C=O) groups is 4. The average molecular weight is 1040 g/mol. The Morgan fingerprint density at radius 2 is 1.68 bits per heavy atom. The summed E-state index contributed by atoms with van der Waals surface area (Å²) < 4.78 is 58.8. The van der Waals surface area contributed by atoms with Crippen LogP contribution in [0.3, 0.4) is 0 Å². The minimum atomic E-state index is -4.45. The zero-order valence-corrected chi connectivity index (χ0v) is 39.7. The molecule has 0 bridgehead atoms. The molecule has 1 aliphatic rings. The van der Waals surface area contributed by atoms with Crippen molar-refractivity contribution in [2.45, 2.75) is 42.6 Å². The molecule has 28 heteroatoms. The zero-order chi connectivity index (χ0) is 49.5. The maximum absolute atomic E-state index is 14.3. The maximum atomic E-state index is 14.3. The summed E-state index contributed by atoms with van der Waals surface area (Å²) in [6.45, 7) is 2.90. The van der Waals surface area contributed by atoms with Crippen molar-refractivity contribution in [1.82, 2.24) is 34.0 Å². The molecule has 3 aromatic heterocycles. The third-order valence-electron chi connectivity index (χ3n) is 8.68. The summed E-state index contributed by atoms with van der Waals surface area (Å²) in [6.07, 6.45) is 3.50. The summed E-state index contributed by atoms with van der Waals surface area (Å²) in [5.74, 6) is -3.16. The summed E-state index contributed by atoms with van der Waals surface area (Å²) in [6, 6.07) is 13.1. The van der Waals surface area contributed by atoms with E-state index in [-0.39, 0.29) is 45.8 Å². The van der Waals surface area contributed by atoms with Crippen LogP contribution in [0, 0.1) is 5.82 Å². The van der Waals surface area contributed by atoms with Crippen LogP contribution < -0.4 is 34.5 Å². The molecule has 0 fully saturated rings. The van der Waals surface area contributed by atoms with Crippen LogP contribution in [0.1, 0.15) is 30.1 Å². The van der Waals surface area contributed by atoms with Gasteiger partial charge in [-0.05, 0) is 79.6 Å². The first-order chi connectivity index (χ1) is 32.4. The summed E-state index contributed by atoms with van der Waals surface area (Å²) in [5, 5.41) is 23.9. The van der Waals surface area contributed by atoms with E-state index in [1.165, 1.54) is 32.4 Å². The molecule has 0 radical (unpaired) electrons. The van der Waals surface area contributed by atoms with Crippen molar-refractivity contribution >= 4 is 109 Å². The molecular weight excluding hydrogens is 999 g/mol. The number of carboxylic acids is 2. The number of fused-ring (bicyclic) bond motifs is 2. The number of hydrogen-bond donors (Lipinski definition) is 5. The smallest absolute Gasteiger partial charge is 0.341 e. The molecule has 1 aliphatic heterocycles. The van der Waals surface area contributed by atoms with Gasteiger partial charge in [0.25, 0.3) is 10.0 Å². The second-order valence-electron chi connectivity index (χ2n) is 13.3. The average Bonchev–Trinajstić information content (AvgIpc) is 3.63. The summed E-state index contributed by atoms with van der Waals surface area (Å²) in [5.41, 5.74) is 0.171. The molecule has 360 valence electrons. The molecule has 22 nitrogen and oxygen atoms in total. The van der Waals surface area contributed by atoms with Crippen molar-refractivity contribution in [2.24, 2.45) is 4.99 Å². The number of carboxylic acid groups (broad SMARTS) is 2. The van der Waals surface area contributed by atoms with Crippen LogP contribution >= 0.6 is 46.3 Å². The Morgan fingerprint density at radius 3 is 2.37 bits per heavy atom. The van der Waals surface area contributed by atoms with Gasteiger partial charge < -0.3 is 29.7 Å². The second-order valence-corrected chi connectivity index (χ2v) is 17.7. The number of rotatable bonds is 14. The number of methoxy groups -OCH3 is 1. The van der Waals surface area contributed by atoms with Gasteiger partial charge in [0, 0.05) is 36.6 Å². The molecule has 5 N–H and O–H groups in total. The Labute approximate surface area is 403 Å². The van der Waals surface area contributed by atoms with Gasteiger partial charge in [-0.3, -0.25) is 24.6 Å². The van der Waals surface area contributed by atoms with Crippen LogP contribution in [-0.2, 0) is 37.4 Å².